The first-order valence-electron chi connectivity index (χ1n) is 3.93. The molecule has 0 amide bonds. The van der Waals surface area contributed by atoms with Crippen LogP contribution in [-0.4, -0.2) is 12.1 Å². The molecule has 0 bridgehead atoms. The smallest absolute Gasteiger partial charge is 0.120 e. The van der Waals surface area contributed by atoms with Crippen LogP contribution in [0.15, 0.2) is 18.2 Å². The fourth-order valence-corrected chi connectivity index (χ4v) is 2.10. The number of nitrogen functional groups attached to an aromatic ring is 1. The van der Waals surface area contributed by atoms with Crippen molar-refractivity contribution in [2.24, 2.45) is 0 Å². The third kappa shape index (κ3) is 1.64. The molecule has 0 aliphatic carbocycles. The van der Waals surface area contributed by atoms with Gasteiger partial charge in [0.1, 0.15) is 5.01 Å². The van der Waals surface area contributed by atoms with Gasteiger partial charge in [0, 0.05) is 12.8 Å². The molecule has 2 N–H and O–H groups in total. The van der Waals surface area contributed by atoms with Gasteiger partial charge in [-0.3, -0.25) is 0 Å². The summed E-state index contributed by atoms with van der Waals surface area (Å²) < 4.78 is 6.16. The van der Waals surface area contributed by atoms with E-state index in [9.17, 15) is 0 Å². The van der Waals surface area contributed by atoms with Crippen LogP contribution in [0.3, 0.4) is 0 Å². The number of nitrogens with two attached hydrogens (primary N) is 1. The highest BCUT2D eigenvalue weighted by Gasteiger charge is 2.02. The van der Waals surface area contributed by atoms with Crippen LogP contribution in [0.4, 0.5) is 5.69 Å². The molecule has 13 heavy (non-hydrogen) atoms. The number of methoxy groups -OCH3 is 1. The van der Waals surface area contributed by atoms with Crippen LogP contribution >= 0.6 is 11.3 Å². The summed E-state index contributed by atoms with van der Waals surface area (Å²) in [6.07, 6.45) is 0. The first-order chi connectivity index (χ1) is 6.29. The Bertz CT molecular complexity index is 424. The Labute approximate surface area is 80.2 Å². The van der Waals surface area contributed by atoms with Crippen LogP contribution in [0.5, 0.6) is 0 Å². The van der Waals surface area contributed by atoms with E-state index in [1.165, 1.54) is 0 Å². The fourth-order valence-electron chi connectivity index (χ4n) is 1.18. The van der Waals surface area contributed by atoms with Crippen molar-refractivity contribution < 1.29 is 4.74 Å². The Hall–Kier alpha value is -1.13. The molecule has 1 aromatic carbocycles. The zero-order valence-corrected chi connectivity index (χ0v) is 8.10. The lowest BCUT2D eigenvalue weighted by atomic mass is 10.3. The zero-order valence-electron chi connectivity index (χ0n) is 7.28. The molecule has 68 valence electrons. The molecule has 0 saturated carbocycles. The number of nitrogens with zero attached hydrogens (tertiary/aromatic N) is 1. The molecule has 3 nitrogen and oxygen atoms in total. The number of thiazole rings is 1. The maximum Gasteiger partial charge on any atom is 0.120 e. The van der Waals surface area contributed by atoms with Gasteiger partial charge in [-0.1, -0.05) is 0 Å². The van der Waals surface area contributed by atoms with Crippen molar-refractivity contribution in [2.45, 2.75) is 6.61 Å². The summed E-state index contributed by atoms with van der Waals surface area (Å²) in [5.41, 5.74) is 7.35. The summed E-state index contributed by atoms with van der Waals surface area (Å²) in [5, 5.41) is 0.989. The van der Waals surface area contributed by atoms with Gasteiger partial charge in [0.05, 0.1) is 16.8 Å². The van der Waals surface area contributed by atoms with Gasteiger partial charge in [-0.2, -0.15) is 0 Å². The molecule has 0 atom stereocenters. The van der Waals surface area contributed by atoms with Crippen molar-refractivity contribution in [2.75, 3.05) is 12.8 Å². The number of hydrogen-bond donors (Lipinski definition) is 1. The van der Waals surface area contributed by atoms with Gasteiger partial charge >= 0.3 is 0 Å². The van der Waals surface area contributed by atoms with E-state index in [0.29, 0.717) is 6.61 Å². The standard InChI is InChI=1S/C9H10N2OS/c1-12-5-9-11-7-4-6(10)2-3-8(7)13-9/h2-4H,5,10H2,1H3. The Kier molecular flexibility index (Phi) is 2.16. The lowest BCUT2D eigenvalue weighted by molar-refractivity contribution is 0.185. The van der Waals surface area contributed by atoms with Gasteiger partial charge in [-0.25, -0.2) is 4.98 Å². The summed E-state index contributed by atoms with van der Waals surface area (Å²) in [6.45, 7) is 0.569. The average molecular weight is 194 g/mol. The summed E-state index contributed by atoms with van der Waals surface area (Å²) in [6, 6.07) is 5.75. The topological polar surface area (TPSA) is 48.1 Å². The molecular weight excluding hydrogens is 184 g/mol. The van der Waals surface area contributed by atoms with Gasteiger partial charge in [0.15, 0.2) is 0 Å². The van der Waals surface area contributed by atoms with Crippen LogP contribution in [-0.2, 0) is 11.3 Å². The zero-order chi connectivity index (χ0) is 9.26. The minimum absolute atomic E-state index is 0.569. The highest BCUT2D eigenvalue weighted by atomic mass is 32.1. The summed E-state index contributed by atoms with van der Waals surface area (Å²) >= 11 is 1.64. The molecule has 4 heteroatoms. The number of rotatable bonds is 2. The van der Waals surface area contributed by atoms with Crippen LogP contribution in [0.2, 0.25) is 0 Å². The van der Waals surface area contributed by atoms with E-state index in [0.717, 1.165) is 20.9 Å². The number of hydrogen-bond acceptors (Lipinski definition) is 4. The average Bonchev–Trinajstić information content (AvgIpc) is 2.46. The molecule has 0 saturated heterocycles. The molecule has 1 heterocycles. The van der Waals surface area contributed by atoms with Crippen LogP contribution < -0.4 is 5.73 Å². The highest BCUT2D eigenvalue weighted by Crippen LogP contribution is 2.24. The third-order valence-corrected chi connectivity index (χ3v) is 2.73. The Morgan fingerprint density at radius 1 is 1.54 bits per heavy atom. The van der Waals surface area contributed by atoms with E-state index in [-0.39, 0.29) is 0 Å². The number of benzene rings is 1. The van der Waals surface area contributed by atoms with Crippen molar-refractivity contribution in [3.63, 3.8) is 0 Å². The van der Waals surface area contributed by atoms with Gasteiger partial charge in [0.2, 0.25) is 0 Å². The molecular formula is C9H10N2OS. The Balaban J connectivity index is 2.49. The third-order valence-electron chi connectivity index (χ3n) is 1.72. The molecule has 0 spiro atoms. The molecule has 0 aliphatic heterocycles. The van der Waals surface area contributed by atoms with Crippen molar-refractivity contribution in [3.8, 4) is 0 Å². The van der Waals surface area contributed by atoms with Crippen molar-refractivity contribution in [3.05, 3.63) is 23.2 Å². The van der Waals surface area contributed by atoms with Gasteiger partial charge < -0.3 is 10.5 Å². The van der Waals surface area contributed by atoms with Crippen LogP contribution in [0, 0.1) is 0 Å². The van der Waals surface area contributed by atoms with Crippen LogP contribution in [0.1, 0.15) is 5.01 Å². The molecule has 0 unspecified atom stereocenters. The maximum absolute atomic E-state index is 5.64. The molecule has 0 radical (unpaired) electrons. The summed E-state index contributed by atoms with van der Waals surface area (Å²) in [4.78, 5) is 4.38. The molecule has 1 aromatic heterocycles. The van der Waals surface area contributed by atoms with E-state index < -0.39 is 0 Å². The minimum Gasteiger partial charge on any atom is -0.399 e. The van der Waals surface area contributed by atoms with Crippen molar-refractivity contribution >= 4 is 27.2 Å². The van der Waals surface area contributed by atoms with Crippen molar-refractivity contribution in [1.29, 1.82) is 0 Å². The second-order valence-electron chi connectivity index (χ2n) is 2.77. The first kappa shape index (κ1) is 8.47. The fraction of sp³-hybridized carbons (Fsp3) is 0.222. The normalized spacial score (nSPS) is 10.8. The largest absolute Gasteiger partial charge is 0.399 e. The highest BCUT2D eigenvalue weighted by molar-refractivity contribution is 7.18. The van der Waals surface area contributed by atoms with Gasteiger partial charge in [0.25, 0.3) is 0 Å². The molecule has 2 aromatic rings. The van der Waals surface area contributed by atoms with E-state index in [2.05, 4.69) is 4.98 Å². The monoisotopic (exact) mass is 194 g/mol. The number of ether oxygens (including phenoxy) is 1. The van der Waals surface area contributed by atoms with E-state index >= 15 is 0 Å². The predicted octanol–water partition coefficient (Wildman–Crippen LogP) is 2.02. The molecule has 0 aliphatic rings. The summed E-state index contributed by atoms with van der Waals surface area (Å²) in [5.74, 6) is 0. The van der Waals surface area contributed by atoms with E-state index in [4.69, 9.17) is 10.5 Å². The quantitative estimate of drug-likeness (QED) is 0.744. The summed E-state index contributed by atoms with van der Waals surface area (Å²) in [7, 11) is 1.67. The lowest BCUT2D eigenvalue weighted by Gasteiger charge is -1.89. The van der Waals surface area contributed by atoms with Crippen LogP contribution in [0.25, 0.3) is 10.2 Å². The second kappa shape index (κ2) is 3.32. The van der Waals surface area contributed by atoms with E-state index in [1.807, 2.05) is 18.2 Å². The van der Waals surface area contributed by atoms with Crippen molar-refractivity contribution in [1.82, 2.24) is 4.98 Å². The first-order valence-corrected chi connectivity index (χ1v) is 4.75. The van der Waals surface area contributed by atoms with Gasteiger partial charge in [-0.15, -0.1) is 11.3 Å². The number of fused-ring (bicyclic) bond motifs is 1. The minimum atomic E-state index is 0.569. The number of aromatic nitrogens is 1. The Morgan fingerprint density at radius 2 is 2.38 bits per heavy atom. The molecule has 2 rings (SSSR count). The molecule has 0 fully saturated rings. The van der Waals surface area contributed by atoms with E-state index in [1.54, 1.807) is 18.4 Å². The maximum atomic E-state index is 5.64. The second-order valence-corrected chi connectivity index (χ2v) is 3.88. The lowest BCUT2D eigenvalue weighted by Crippen LogP contribution is -1.85. The Morgan fingerprint density at radius 3 is 3.15 bits per heavy atom. The van der Waals surface area contributed by atoms with Gasteiger partial charge in [-0.05, 0) is 18.2 Å². The predicted molar refractivity (Wildman–Crippen MR) is 54.7 cm³/mol. The number of anilines is 1. The SMILES string of the molecule is COCc1nc2cc(N)ccc2s1.